The van der Waals surface area contributed by atoms with E-state index in [4.69, 9.17) is 21.1 Å². The molecule has 82 valence electrons. The third-order valence-corrected chi connectivity index (χ3v) is 2.13. The Hall–Kier alpha value is -1.22. The number of hydrogen-bond donors (Lipinski definition) is 0. The zero-order valence-electron chi connectivity index (χ0n) is 8.75. The fraction of sp³-hybridized carbons (Fsp3) is 0.364. The van der Waals surface area contributed by atoms with Gasteiger partial charge in [0.25, 0.3) is 0 Å². The number of hydrogen-bond acceptors (Lipinski definition) is 3. The van der Waals surface area contributed by atoms with Crippen LogP contribution in [0.3, 0.4) is 0 Å². The number of benzene rings is 1. The molecule has 0 spiro atoms. The first kappa shape index (κ1) is 11.9. The highest BCUT2D eigenvalue weighted by molar-refractivity contribution is 6.32. The second-order valence-electron chi connectivity index (χ2n) is 3.02. The minimum absolute atomic E-state index is 0.285. The maximum atomic E-state index is 11.2. The van der Waals surface area contributed by atoms with Gasteiger partial charge in [-0.15, -0.1) is 0 Å². The third-order valence-electron chi connectivity index (χ3n) is 1.82. The molecule has 0 saturated carbocycles. The van der Waals surface area contributed by atoms with Crippen molar-refractivity contribution in [3.8, 4) is 11.5 Å². The molecular weight excluding hydrogens is 216 g/mol. The van der Waals surface area contributed by atoms with Gasteiger partial charge in [0.15, 0.2) is 5.75 Å². The lowest BCUT2D eigenvalue weighted by Gasteiger charge is -2.07. The first-order chi connectivity index (χ1) is 7.17. The maximum absolute atomic E-state index is 11.2. The van der Waals surface area contributed by atoms with Crippen molar-refractivity contribution >= 4 is 17.6 Å². The van der Waals surface area contributed by atoms with Gasteiger partial charge in [0.1, 0.15) is 5.75 Å². The standard InChI is InChI=1S/C11H13ClO3/c1-3-4-11(13)15-10-7-8(14-2)5-6-9(10)12/h5-7H,3-4H2,1-2H3. The molecule has 1 rings (SSSR count). The van der Waals surface area contributed by atoms with Gasteiger partial charge in [-0.05, 0) is 18.6 Å². The van der Waals surface area contributed by atoms with E-state index < -0.39 is 0 Å². The van der Waals surface area contributed by atoms with E-state index in [-0.39, 0.29) is 5.97 Å². The molecule has 0 aliphatic carbocycles. The number of rotatable bonds is 4. The van der Waals surface area contributed by atoms with Gasteiger partial charge in [0.05, 0.1) is 12.1 Å². The quantitative estimate of drug-likeness (QED) is 0.587. The predicted molar refractivity (Wildman–Crippen MR) is 58.5 cm³/mol. The van der Waals surface area contributed by atoms with Crippen molar-refractivity contribution in [3.05, 3.63) is 23.2 Å². The van der Waals surface area contributed by atoms with Crippen molar-refractivity contribution in [2.45, 2.75) is 19.8 Å². The SMILES string of the molecule is CCCC(=O)Oc1cc(OC)ccc1Cl. The highest BCUT2D eigenvalue weighted by Crippen LogP contribution is 2.29. The Morgan fingerprint density at radius 3 is 2.80 bits per heavy atom. The number of carbonyl (C=O) groups is 1. The molecule has 0 aliphatic rings. The Bertz CT molecular complexity index is 350. The maximum Gasteiger partial charge on any atom is 0.311 e. The summed E-state index contributed by atoms with van der Waals surface area (Å²) in [5, 5.41) is 0.403. The molecule has 0 N–H and O–H groups in total. The van der Waals surface area contributed by atoms with Crippen LogP contribution in [0.1, 0.15) is 19.8 Å². The van der Waals surface area contributed by atoms with Crippen LogP contribution in [0.2, 0.25) is 5.02 Å². The average Bonchev–Trinajstić information content (AvgIpc) is 2.21. The molecule has 0 aliphatic heterocycles. The van der Waals surface area contributed by atoms with Crippen molar-refractivity contribution in [1.29, 1.82) is 0 Å². The Kier molecular flexibility index (Phi) is 4.43. The van der Waals surface area contributed by atoms with Gasteiger partial charge in [0.2, 0.25) is 0 Å². The second kappa shape index (κ2) is 5.61. The van der Waals surface area contributed by atoms with Crippen LogP contribution < -0.4 is 9.47 Å². The molecule has 0 aromatic heterocycles. The summed E-state index contributed by atoms with van der Waals surface area (Å²) < 4.78 is 10.1. The molecule has 15 heavy (non-hydrogen) atoms. The minimum atomic E-state index is -0.285. The van der Waals surface area contributed by atoms with Crippen molar-refractivity contribution in [1.82, 2.24) is 0 Å². The smallest absolute Gasteiger partial charge is 0.311 e. The number of ether oxygens (including phenoxy) is 2. The van der Waals surface area contributed by atoms with Crippen LogP contribution in [0.4, 0.5) is 0 Å². The van der Waals surface area contributed by atoms with Crippen LogP contribution in [-0.2, 0) is 4.79 Å². The summed E-state index contributed by atoms with van der Waals surface area (Å²) in [4.78, 5) is 11.2. The van der Waals surface area contributed by atoms with E-state index in [1.807, 2.05) is 6.92 Å². The summed E-state index contributed by atoms with van der Waals surface area (Å²) in [5.41, 5.74) is 0. The number of esters is 1. The zero-order chi connectivity index (χ0) is 11.3. The van der Waals surface area contributed by atoms with Crippen LogP contribution >= 0.6 is 11.6 Å². The van der Waals surface area contributed by atoms with Gasteiger partial charge in [-0.1, -0.05) is 18.5 Å². The molecule has 0 unspecified atom stereocenters. The topological polar surface area (TPSA) is 35.5 Å². The zero-order valence-corrected chi connectivity index (χ0v) is 9.50. The van der Waals surface area contributed by atoms with Gasteiger partial charge in [0, 0.05) is 12.5 Å². The van der Waals surface area contributed by atoms with E-state index in [0.29, 0.717) is 22.9 Å². The molecule has 0 bridgehead atoms. The largest absolute Gasteiger partial charge is 0.497 e. The monoisotopic (exact) mass is 228 g/mol. The summed E-state index contributed by atoms with van der Waals surface area (Å²) in [6.45, 7) is 1.91. The van der Waals surface area contributed by atoms with Crippen molar-refractivity contribution in [2.75, 3.05) is 7.11 Å². The molecule has 4 heteroatoms. The average molecular weight is 229 g/mol. The van der Waals surface area contributed by atoms with Crippen molar-refractivity contribution in [3.63, 3.8) is 0 Å². The summed E-state index contributed by atoms with van der Waals surface area (Å²) >= 11 is 5.86. The molecule has 0 fully saturated rings. The molecule has 1 aromatic carbocycles. The van der Waals surface area contributed by atoms with E-state index >= 15 is 0 Å². The molecule has 0 saturated heterocycles. The lowest BCUT2D eigenvalue weighted by atomic mass is 10.3. The van der Waals surface area contributed by atoms with Crippen LogP contribution in [0.25, 0.3) is 0 Å². The highest BCUT2D eigenvalue weighted by atomic mass is 35.5. The van der Waals surface area contributed by atoms with Gasteiger partial charge >= 0.3 is 5.97 Å². The van der Waals surface area contributed by atoms with E-state index in [0.717, 1.165) is 6.42 Å². The Morgan fingerprint density at radius 1 is 1.47 bits per heavy atom. The summed E-state index contributed by atoms with van der Waals surface area (Å²) in [7, 11) is 1.54. The summed E-state index contributed by atoms with van der Waals surface area (Å²) in [6.07, 6.45) is 1.13. The van der Waals surface area contributed by atoms with Gasteiger partial charge in [-0.2, -0.15) is 0 Å². The first-order valence-electron chi connectivity index (χ1n) is 4.71. The number of halogens is 1. The lowest BCUT2D eigenvalue weighted by molar-refractivity contribution is -0.134. The Balaban J connectivity index is 2.79. The van der Waals surface area contributed by atoms with Crippen LogP contribution in [0.15, 0.2) is 18.2 Å². The molecular formula is C11H13ClO3. The molecule has 0 heterocycles. The van der Waals surface area contributed by atoms with Gasteiger partial charge in [-0.3, -0.25) is 4.79 Å². The lowest BCUT2D eigenvalue weighted by Crippen LogP contribution is -2.07. The predicted octanol–water partition coefficient (Wildman–Crippen LogP) is 3.05. The minimum Gasteiger partial charge on any atom is -0.497 e. The van der Waals surface area contributed by atoms with E-state index in [2.05, 4.69) is 0 Å². The van der Waals surface area contributed by atoms with Crippen LogP contribution in [0.5, 0.6) is 11.5 Å². The van der Waals surface area contributed by atoms with E-state index in [1.165, 1.54) is 0 Å². The molecule has 3 nitrogen and oxygen atoms in total. The molecule has 0 amide bonds. The van der Waals surface area contributed by atoms with E-state index in [9.17, 15) is 4.79 Å². The Labute approximate surface area is 93.9 Å². The van der Waals surface area contributed by atoms with Gasteiger partial charge in [-0.25, -0.2) is 0 Å². The van der Waals surface area contributed by atoms with Crippen molar-refractivity contribution in [2.24, 2.45) is 0 Å². The summed E-state index contributed by atoms with van der Waals surface area (Å²) in [5.74, 6) is 0.667. The van der Waals surface area contributed by atoms with Crippen molar-refractivity contribution < 1.29 is 14.3 Å². The number of carbonyl (C=O) groups excluding carboxylic acids is 1. The third kappa shape index (κ3) is 3.44. The highest BCUT2D eigenvalue weighted by Gasteiger charge is 2.08. The fourth-order valence-corrected chi connectivity index (χ4v) is 1.22. The Morgan fingerprint density at radius 2 is 2.20 bits per heavy atom. The normalized spacial score (nSPS) is 9.80. The van der Waals surface area contributed by atoms with Crippen LogP contribution in [-0.4, -0.2) is 13.1 Å². The molecule has 1 aromatic rings. The first-order valence-corrected chi connectivity index (χ1v) is 5.09. The fourth-order valence-electron chi connectivity index (χ4n) is 1.07. The number of methoxy groups -OCH3 is 1. The molecule has 0 atom stereocenters. The van der Waals surface area contributed by atoms with Crippen LogP contribution in [0, 0.1) is 0 Å². The molecule has 0 radical (unpaired) electrons. The van der Waals surface area contributed by atoms with Gasteiger partial charge < -0.3 is 9.47 Å². The second-order valence-corrected chi connectivity index (χ2v) is 3.43. The van der Waals surface area contributed by atoms with E-state index in [1.54, 1.807) is 25.3 Å². The summed E-state index contributed by atoms with van der Waals surface area (Å²) in [6, 6.07) is 4.93.